The maximum atomic E-state index is 4.19. The van der Waals surface area contributed by atoms with Crippen LogP contribution in [0, 0.1) is 13.8 Å². The number of nitrogens with zero attached hydrogens (tertiary/aromatic N) is 30. The van der Waals surface area contributed by atoms with E-state index in [0.717, 1.165) is 45.1 Å². The molecule has 14 aromatic rings. The van der Waals surface area contributed by atoms with Gasteiger partial charge in [-0.1, -0.05) is 59.8 Å². The molecule has 0 aliphatic carbocycles. The third-order valence-corrected chi connectivity index (χ3v) is 9.70. The molecule has 0 fully saturated rings. The van der Waals surface area contributed by atoms with Crippen LogP contribution in [0.2, 0.25) is 0 Å². The van der Waals surface area contributed by atoms with Gasteiger partial charge in [0.2, 0.25) is 0 Å². The normalized spacial score (nSPS) is 9.52. The second-order valence-electron chi connectivity index (χ2n) is 16.9. The molecule has 30 nitrogen and oxygen atoms in total. The number of rotatable bonds is 1. The minimum absolute atomic E-state index is 0.776. The summed E-state index contributed by atoms with van der Waals surface area (Å²) in [6, 6.07) is 27.5. The topological polar surface area (TPSA) is 299 Å². The molecule has 11 aromatic heterocycles. The van der Waals surface area contributed by atoms with Crippen molar-refractivity contribution >= 4 is 22.1 Å². The van der Waals surface area contributed by atoms with Crippen LogP contribution in [-0.4, -0.2) is 147 Å². The lowest BCUT2D eigenvalue weighted by Gasteiger charge is -1.91. The Labute approximate surface area is 474 Å². The summed E-state index contributed by atoms with van der Waals surface area (Å²) >= 11 is 0. The van der Waals surface area contributed by atoms with E-state index in [1.807, 2.05) is 209 Å². The third-order valence-electron chi connectivity index (χ3n) is 9.70. The summed E-state index contributed by atoms with van der Waals surface area (Å²) in [7, 11) is 20.7. The fourth-order valence-electron chi connectivity index (χ4n) is 5.57. The Morgan fingerprint density at radius 3 is 1.23 bits per heavy atom. The molecule has 30 heteroatoms. The quantitative estimate of drug-likeness (QED) is 0.220. The summed E-state index contributed by atoms with van der Waals surface area (Å²) in [4.78, 5) is 20.8. The molecule has 82 heavy (non-hydrogen) atoms. The van der Waals surface area contributed by atoms with Gasteiger partial charge >= 0.3 is 0 Å². The first-order chi connectivity index (χ1) is 39.6. The molecule has 11 heterocycles. The van der Waals surface area contributed by atoms with Crippen molar-refractivity contribution in [3.63, 3.8) is 0 Å². The van der Waals surface area contributed by atoms with Crippen molar-refractivity contribution in [1.82, 2.24) is 147 Å². The van der Waals surface area contributed by atoms with Crippen molar-refractivity contribution in [2.75, 3.05) is 0 Å². The number of fused-ring (bicyclic) bond motifs is 2. The van der Waals surface area contributed by atoms with Crippen molar-refractivity contribution in [2.45, 2.75) is 13.8 Å². The van der Waals surface area contributed by atoms with Crippen molar-refractivity contribution < 1.29 is 0 Å². The molecule has 14 rings (SSSR count). The van der Waals surface area contributed by atoms with Gasteiger partial charge in [-0.25, -0.2) is 29.6 Å². The summed E-state index contributed by atoms with van der Waals surface area (Å²) in [5.41, 5.74) is 4.97. The van der Waals surface area contributed by atoms with Gasteiger partial charge < -0.3 is 22.8 Å². The zero-order valence-corrected chi connectivity index (χ0v) is 48.3. The number of benzene rings is 3. The van der Waals surface area contributed by atoms with Gasteiger partial charge in [0.1, 0.15) is 85.1 Å². The largest absolute Gasteiger partial charge is 0.341 e. The van der Waals surface area contributed by atoms with Crippen LogP contribution < -0.4 is 0 Å². The molecular formula is C52H70N30. The predicted octanol–water partition coefficient (Wildman–Crippen LogP) is 4.37. The average molecular weight is 1120 g/mol. The minimum atomic E-state index is 0.776. The first kappa shape index (κ1) is 63.5. The van der Waals surface area contributed by atoms with E-state index >= 15 is 0 Å². The van der Waals surface area contributed by atoms with Gasteiger partial charge in [0.25, 0.3) is 0 Å². The molecule has 0 spiro atoms. The molecule has 0 aliphatic rings. The SMILES string of the molecule is Cc1ncn(C)n1.Cc1nncn1C.Cn1cccn1.Cn1ccnc1.Cn1ccnc1.Cn1cnc(-c2ccccc2)n1.Cn1cncn1.Cn1cnnc1.Cn1cnnc1.Cn1nc2ccccc2n1.Cn1nnc2ccccc21. The van der Waals surface area contributed by atoms with Crippen LogP contribution in [0.1, 0.15) is 11.6 Å². The highest BCUT2D eigenvalue weighted by molar-refractivity contribution is 5.74. The summed E-state index contributed by atoms with van der Waals surface area (Å²) in [5, 5.41) is 53.2. The molecule has 0 atom stereocenters. The molecule has 0 N–H and O–H groups in total. The van der Waals surface area contributed by atoms with E-state index in [1.54, 1.807) is 119 Å². The molecule has 428 valence electrons. The van der Waals surface area contributed by atoms with E-state index in [9.17, 15) is 0 Å². The first-order valence-electron chi connectivity index (χ1n) is 24.7. The van der Waals surface area contributed by atoms with Gasteiger partial charge in [-0.3, -0.25) is 18.7 Å². The van der Waals surface area contributed by atoms with Crippen LogP contribution in [0.3, 0.4) is 0 Å². The van der Waals surface area contributed by atoms with Gasteiger partial charge in [0.05, 0.1) is 18.2 Å². The third kappa shape index (κ3) is 26.3. The van der Waals surface area contributed by atoms with Crippen molar-refractivity contribution in [3.05, 3.63) is 203 Å². The molecule has 0 saturated heterocycles. The maximum Gasteiger partial charge on any atom is 0.181 e. The molecule has 0 aliphatic heterocycles. The van der Waals surface area contributed by atoms with Crippen molar-refractivity contribution in [1.29, 1.82) is 0 Å². The van der Waals surface area contributed by atoms with E-state index in [4.69, 9.17) is 0 Å². The molecule has 0 amide bonds. The number of hydrogen-bond acceptors (Lipinski definition) is 19. The smallest absolute Gasteiger partial charge is 0.181 e. The zero-order valence-electron chi connectivity index (χ0n) is 48.3. The molecule has 0 unspecified atom stereocenters. The van der Waals surface area contributed by atoms with Gasteiger partial charge in [-0.15, -0.1) is 35.7 Å². The lowest BCUT2D eigenvalue weighted by atomic mass is 10.2. The fourth-order valence-corrected chi connectivity index (χ4v) is 5.57. The monoisotopic (exact) mass is 1110 g/mol. The van der Waals surface area contributed by atoms with Crippen molar-refractivity contribution in [2.24, 2.45) is 77.5 Å². The minimum Gasteiger partial charge on any atom is -0.341 e. The highest BCUT2D eigenvalue weighted by Crippen LogP contribution is 2.12. The highest BCUT2D eigenvalue weighted by Gasteiger charge is 2.00. The molecule has 3 aromatic carbocycles. The number of para-hydroxylation sites is 1. The van der Waals surface area contributed by atoms with E-state index in [2.05, 4.69) is 96.4 Å². The van der Waals surface area contributed by atoms with Gasteiger partial charge in [0.15, 0.2) is 5.82 Å². The van der Waals surface area contributed by atoms with E-state index < -0.39 is 0 Å². The van der Waals surface area contributed by atoms with Gasteiger partial charge in [-0.2, -0.15) is 35.4 Å². The second kappa shape index (κ2) is 36.1. The van der Waals surface area contributed by atoms with E-state index in [1.165, 1.54) is 6.33 Å². The fraction of sp³-hybridized carbons (Fsp3) is 0.250. The standard InChI is InChI=1S/C9H9N3.2C7H7N3.2C4H7N3.3C4H6N2.3C3H5N3/c1-12-7-10-9(11-12)8-5-3-2-4-6-8;1-10-7-5-3-2-4-6(7)8-9-10;1-10-8-6-4-2-3-5-7(6)9-10;1-4-6-5-3-7(4)2;1-4-5-3-7(2)6-4;2*1-6-3-2-5-4-6;1-6-4-2-3-5-6;2*1-6-2-4-5-3-6;1-6-3-4-2-5-6/h2-7H,1H3;2*2-5H,1H3;2*3H,1-2H3;3*2-4H,1H3;3*2-3H,1H3. The number of aromatic nitrogens is 30. The van der Waals surface area contributed by atoms with Gasteiger partial charge in [-0.05, 0) is 44.2 Å². The van der Waals surface area contributed by atoms with Crippen LogP contribution in [0.5, 0.6) is 0 Å². The van der Waals surface area contributed by atoms with Crippen LogP contribution in [-0.2, 0) is 77.5 Å². The lowest BCUT2D eigenvalue weighted by molar-refractivity contribution is 0.665. The Morgan fingerprint density at radius 1 is 0.378 bits per heavy atom. The molecule has 0 radical (unpaired) electrons. The highest BCUT2D eigenvalue weighted by atomic mass is 15.5. The molecule has 0 saturated carbocycles. The Morgan fingerprint density at radius 2 is 0.927 bits per heavy atom. The summed E-state index contributed by atoms with van der Waals surface area (Å²) in [6.45, 7) is 3.77. The summed E-state index contributed by atoms with van der Waals surface area (Å²) in [5.74, 6) is 2.54. The predicted molar refractivity (Wildman–Crippen MR) is 308 cm³/mol. The number of imidazole rings is 2. The molecule has 0 bridgehead atoms. The summed E-state index contributed by atoms with van der Waals surface area (Å²) in [6.07, 6.45) is 29.2. The van der Waals surface area contributed by atoms with E-state index in [0.29, 0.717) is 0 Å². The number of aryl methyl sites for hydroxylation is 13. The van der Waals surface area contributed by atoms with Crippen LogP contribution in [0.4, 0.5) is 0 Å². The zero-order chi connectivity index (χ0) is 59.3. The van der Waals surface area contributed by atoms with Crippen LogP contribution in [0.15, 0.2) is 192 Å². The Bertz CT molecular complexity index is 3350. The Balaban J connectivity index is 0.000000196. The van der Waals surface area contributed by atoms with Gasteiger partial charge in [0, 0.05) is 120 Å². The second-order valence-corrected chi connectivity index (χ2v) is 16.9. The van der Waals surface area contributed by atoms with Crippen molar-refractivity contribution in [3.8, 4) is 11.4 Å². The Kier molecular flexibility index (Phi) is 27.9. The Hall–Kier alpha value is -11.1. The average Bonchev–Trinajstić information content (AvgIpc) is 4.41. The lowest BCUT2D eigenvalue weighted by Crippen LogP contribution is -1.90. The maximum absolute atomic E-state index is 4.19. The van der Waals surface area contributed by atoms with Crippen LogP contribution in [0.25, 0.3) is 33.5 Å². The summed E-state index contributed by atoms with van der Waals surface area (Å²) < 4.78 is 17.7. The van der Waals surface area contributed by atoms with E-state index in [-0.39, 0.29) is 0 Å². The molecular weight excluding hydrogens is 1040 g/mol. The van der Waals surface area contributed by atoms with Crippen LogP contribution >= 0.6 is 0 Å². The first-order valence-corrected chi connectivity index (χ1v) is 24.7. The number of hydrogen-bond donors (Lipinski definition) is 0.